The first-order valence-electron chi connectivity index (χ1n) is 11.4. The number of benzene rings is 1. The number of anilines is 1. The Balaban J connectivity index is 2.31. The average molecular weight is 491 g/mol. The molecule has 2 aromatic rings. The topological polar surface area (TPSA) is 67.2 Å². The molecule has 33 heavy (non-hydrogen) atoms. The lowest BCUT2D eigenvalue weighted by Crippen LogP contribution is -2.44. The summed E-state index contributed by atoms with van der Waals surface area (Å²) in [5, 5.41) is 8.46. The van der Waals surface area contributed by atoms with Gasteiger partial charge in [0.1, 0.15) is 12.4 Å². The number of amides is 2. The van der Waals surface area contributed by atoms with Crippen molar-refractivity contribution < 1.29 is 9.59 Å². The molecule has 1 aliphatic rings. The number of carbonyl (C=O) groups is 2. The number of aromatic nitrogens is 2. The summed E-state index contributed by atoms with van der Waals surface area (Å²) >= 11 is 8.20. The van der Waals surface area contributed by atoms with Crippen LogP contribution in [0.1, 0.15) is 77.0 Å². The molecule has 0 saturated carbocycles. The second-order valence-corrected chi connectivity index (χ2v) is 12.0. The first-order valence-corrected chi connectivity index (χ1v) is 12.9. The average Bonchev–Trinajstić information content (AvgIpc) is 3.07. The smallest absolute Gasteiger partial charge is 0.240 e. The van der Waals surface area contributed by atoms with Crippen LogP contribution in [0, 0.1) is 0 Å². The third kappa shape index (κ3) is 5.40. The van der Waals surface area contributed by atoms with E-state index in [4.69, 9.17) is 16.7 Å². The van der Waals surface area contributed by atoms with Gasteiger partial charge in [-0.05, 0) is 38.8 Å². The molecular weight excluding hydrogens is 456 g/mol. The van der Waals surface area contributed by atoms with E-state index in [1.165, 1.54) is 0 Å². The Morgan fingerprint density at radius 3 is 2.45 bits per heavy atom. The number of hydrogen-bond donors (Lipinski definition) is 1. The van der Waals surface area contributed by atoms with Crippen molar-refractivity contribution in [2.24, 2.45) is 0 Å². The summed E-state index contributed by atoms with van der Waals surface area (Å²) in [7, 11) is 0. The normalized spacial score (nSPS) is 17.0. The Kier molecular flexibility index (Phi) is 7.54. The van der Waals surface area contributed by atoms with E-state index < -0.39 is 5.54 Å². The van der Waals surface area contributed by atoms with E-state index in [-0.39, 0.29) is 34.8 Å². The largest absolute Gasteiger partial charge is 0.355 e. The van der Waals surface area contributed by atoms with E-state index >= 15 is 0 Å². The maximum absolute atomic E-state index is 13.4. The van der Waals surface area contributed by atoms with E-state index in [0.29, 0.717) is 17.4 Å². The van der Waals surface area contributed by atoms with Gasteiger partial charge in [0, 0.05) is 22.5 Å². The summed E-state index contributed by atoms with van der Waals surface area (Å²) in [5.74, 6) is 0.669. The van der Waals surface area contributed by atoms with Crippen molar-refractivity contribution in [2.75, 3.05) is 23.7 Å². The van der Waals surface area contributed by atoms with Gasteiger partial charge in [0.15, 0.2) is 0 Å². The molecule has 0 saturated heterocycles. The van der Waals surface area contributed by atoms with Crippen LogP contribution in [0.5, 0.6) is 0 Å². The summed E-state index contributed by atoms with van der Waals surface area (Å²) in [6, 6.07) is 7.77. The number of nitrogens with zero attached hydrogens (tertiary/aromatic N) is 3. The maximum Gasteiger partial charge on any atom is 0.240 e. The number of carbonyl (C=O) groups excluding carboxylic acids is 2. The fourth-order valence-corrected chi connectivity index (χ4v) is 5.48. The highest BCUT2D eigenvalue weighted by Crippen LogP contribution is 2.50. The van der Waals surface area contributed by atoms with Gasteiger partial charge in [0.25, 0.3) is 0 Å². The van der Waals surface area contributed by atoms with Gasteiger partial charge in [-0.3, -0.25) is 14.5 Å². The molecule has 0 bridgehead atoms. The van der Waals surface area contributed by atoms with Gasteiger partial charge < -0.3 is 5.32 Å². The predicted octanol–water partition coefficient (Wildman–Crippen LogP) is 5.28. The third-order valence-electron chi connectivity index (χ3n) is 5.50. The maximum atomic E-state index is 13.4. The van der Waals surface area contributed by atoms with Crippen LogP contribution in [0.4, 0.5) is 5.82 Å². The highest BCUT2D eigenvalue weighted by molar-refractivity contribution is 8.00. The molecule has 1 atom stereocenters. The summed E-state index contributed by atoms with van der Waals surface area (Å²) in [4.78, 5) is 27.8. The summed E-state index contributed by atoms with van der Waals surface area (Å²) in [6.45, 7) is 15.1. The third-order valence-corrected chi connectivity index (χ3v) is 7.08. The Hall–Kier alpha value is -1.99. The minimum absolute atomic E-state index is 0.0347. The van der Waals surface area contributed by atoms with E-state index in [1.54, 1.807) is 16.7 Å². The van der Waals surface area contributed by atoms with Gasteiger partial charge >= 0.3 is 0 Å². The van der Waals surface area contributed by atoms with Gasteiger partial charge in [0.2, 0.25) is 11.8 Å². The van der Waals surface area contributed by atoms with E-state index in [0.717, 1.165) is 23.2 Å². The lowest BCUT2D eigenvalue weighted by atomic mass is 9.87. The summed E-state index contributed by atoms with van der Waals surface area (Å²) in [6.07, 6.45) is 0.837. The van der Waals surface area contributed by atoms with E-state index in [9.17, 15) is 9.59 Å². The molecule has 1 aromatic carbocycles. The minimum atomic E-state index is -0.397. The molecule has 180 valence electrons. The second kappa shape index (κ2) is 9.71. The first-order chi connectivity index (χ1) is 15.4. The van der Waals surface area contributed by atoms with Crippen molar-refractivity contribution in [3.63, 3.8) is 0 Å². The monoisotopic (exact) mass is 490 g/mol. The lowest BCUT2D eigenvalue weighted by Gasteiger charge is -2.29. The van der Waals surface area contributed by atoms with Crippen LogP contribution >= 0.6 is 23.4 Å². The number of nitrogens with one attached hydrogen (secondary N) is 1. The number of halogens is 1. The van der Waals surface area contributed by atoms with Gasteiger partial charge in [-0.25, -0.2) is 4.68 Å². The van der Waals surface area contributed by atoms with Crippen molar-refractivity contribution in [1.82, 2.24) is 15.1 Å². The molecule has 3 rings (SSSR count). The molecule has 0 spiro atoms. The fourth-order valence-electron chi connectivity index (χ4n) is 3.94. The molecule has 1 aliphatic heterocycles. The molecule has 0 aliphatic carbocycles. The minimum Gasteiger partial charge on any atom is -0.355 e. The zero-order valence-electron chi connectivity index (χ0n) is 20.7. The quantitative estimate of drug-likeness (QED) is 0.618. The number of rotatable bonds is 5. The lowest BCUT2D eigenvalue weighted by molar-refractivity contribution is -0.122. The molecule has 6 nitrogen and oxygen atoms in total. The van der Waals surface area contributed by atoms with Crippen LogP contribution in [0.3, 0.4) is 0 Å². The predicted molar refractivity (Wildman–Crippen MR) is 137 cm³/mol. The Labute approximate surface area is 206 Å². The fraction of sp³-hybridized carbons (Fsp3) is 0.560. The molecule has 8 heteroatoms. The molecule has 1 aromatic heterocycles. The summed E-state index contributed by atoms with van der Waals surface area (Å²) < 4.78 is 1.92. The van der Waals surface area contributed by atoms with Crippen LogP contribution in [0.2, 0.25) is 5.02 Å². The zero-order chi connectivity index (χ0) is 24.6. The molecule has 0 fully saturated rings. The van der Waals surface area contributed by atoms with Crippen molar-refractivity contribution in [3.8, 4) is 0 Å². The second-order valence-electron chi connectivity index (χ2n) is 10.5. The Bertz CT molecular complexity index is 1040. The number of hydrogen-bond acceptors (Lipinski definition) is 4. The van der Waals surface area contributed by atoms with Crippen molar-refractivity contribution >= 4 is 41.0 Å². The number of thioether (sulfide) groups is 1. The molecule has 1 N–H and O–H groups in total. The Morgan fingerprint density at radius 1 is 1.21 bits per heavy atom. The SMILES string of the molecule is CCCNC(=O)CN1C(=O)CSC(c2ccccc2Cl)c2c(C(C)(C)C)nn(C(C)(C)C)c21. The van der Waals surface area contributed by atoms with Crippen LogP contribution in [-0.2, 0) is 20.5 Å². The van der Waals surface area contributed by atoms with Crippen LogP contribution in [-0.4, -0.2) is 40.4 Å². The van der Waals surface area contributed by atoms with Gasteiger partial charge in [-0.15, -0.1) is 11.8 Å². The van der Waals surface area contributed by atoms with Crippen molar-refractivity contribution in [2.45, 2.75) is 71.1 Å². The standard InChI is InChI=1S/C25H35ClN4O2S/c1-8-13-27-18(31)14-29-19(32)15-33-21(16-11-9-10-12-17(16)26)20-22(24(2,3)4)28-30(23(20)29)25(5,6)7/h9-12,21H,8,13-15H2,1-7H3,(H,27,31). The van der Waals surface area contributed by atoms with Gasteiger partial charge in [0.05, 0.1) is 22.2 Å². The summed E-state index contributed by atoms with van der Waals surface area (Å²) in [5.41, 5.74) is 2.16. The van der Waals surface area contributed by atoms with E-state index in [1.807, 2.05) is 35.9 Å². The van der Waals surface area contributed by atoms with Crippen LogP contribution in [0.15, 0.2) is 24.3 Å². The molecular formula is C25H35ClN4O2S. The van der Waals surface area contributed by atoms with Crippen molar-refractivity contribution in [1.29, 1.82) is 0 Å². The highest BCUT2D eigenvalue weighted by Gasteiger charge is 2.41. The molecule has 1 unspecified atom stereocenters. The first kappa shape index (κ1) is 25.6. The molecule has 2 heterocycles. The van der Waals surface area contributed by atoms with Gasteiger partial charge in [-0.2, -0.15) is 5.10 Å². The van der Waals surface area contributed by atoms with Crippen molar-refractivity contribution in [3.05, 3.63) is 46.1 Å². The molecule has 2 amide bonds. The zero-order valence-corrected chi connectivity index (χ0v) is 22.2. The van der Waals surface area contributed by atoms with E-state index in [2.05, 4.69) is 46.9 Å². The van der Waals surface area contributed by atoms with Gasteiger partial charge in [-0.1, -0.05) is 57.5 Å². The van der Waals surface area contributed by atoms with Crippen LogP contribution < -0.4 is 10.2 Å². The highest BCUT2D eigenvalue weighted by atomic mass is 35.5. The Morgan fingerprint density at radius 2 is 1.88 bits per heavy atom. The molecule has 0 radical (unpaired) electrons. The number of fused-ring (bicyclic) bond motifs is 1. The van der Waals surface area contributed by atoms with Crippen LogP contribution in [0.25, 0.3) is 0 Å².